The second-order valence-corrected chi connectivity index (χ2v) is 6.78. The first-order valence-corrected chi connectivity index (χ1v) is 8.46. The quantitative estimate of drug-likeness (QED) is 0.662. The molecule has 0 aromatic heterocycles. The Hall–Kier alpha value is 0.190. The molecule has 4 unspecified atom stereocenters. The highest BCUT2D eigenvalue weighted by atomic mass is 32.2. The van der Waals surface area contributed by atoms with Crippen LogP contribution < -0.4 is 16.0 Å². The Morgan fingerprint density at radius 1 is 1.06 bits per heavy atom. The van der Waals surface area contributed by atoms with Crippen molar-refractivity contribution < 1.29 is 4.74 Å². The second-order valence-electron chi connectivity index (χ2n) is 5.63. The van der Waals surface area contributed by atoms with Gasteiger partial charge in [-0.15, -0.1) is 0 Å². The Morgan fingerprint density at radius 3 is 2.72 bits per heavy atom. The molecule has 0 saturated carbocycles. The molecular weight excluding hydrogens is 246 g/mol. The van der Waals surface area contributed by atoms with Crippen LogP contribution in [-0.2, 0) is 4.74 Å². The summed E-state index contributed by atoms with van der Waals surface area (Å²) in [6.07, 6.45) is 3.04. The maximum absolute atomic E-state index is 6.13. The van der Waals surface area contributed by atoms with E-state index in [9.17, 15) is 0 Å². The van der Waals surface area contributed by atoms with Crippen LogP contribution in [0.25, 0.3) is 0 Å². The summed E-state index contributed by atoms with van der Waals surface area (Å²) in [5, 5.41) is 10.8. The summed E-state index contributed by atoms with van der Waals surface area (Å²) in [4.78, 5) is 0. The molecule has 0 bridgehead atoms. The molecule has 18 heavy (non-hydrogen) atoms. The number of ether oxygens (including phenoxy) is 1. The first-order chi connectivity index (χ1) is 8.93. The number of rotatable bonds is 2. The van der Waals surface area contributed by atoms with Crippen molar-refractivity contribution >= 4 is 11.8 Å². The molecule has 104 valence electrons. The van der Waals surface area contributed by atoms with E-state index in [0.717, 1.165) is 26.2 Å². The Labute approximate surface area is 114 Å². The lowest BCUT2D eigenvalue weighted by Gasteiger charge is -2.40. The van der Waals surface area contributed by atoms with Crippen molar-refractivity contribution in [1.82, 2.24) is 16.0 Å². The van der Waals surface area contributed by atoms with E-state index in [4.69, 9.17) is 4.74 Å². The van der Waals surface area contributed by atoms with Crippen LogP contribution in [0.3, 0.4) is 0 Å². The van der Waals surface area contributed by atoms with E-state index in [1.165, 1.54) is 30.9 Å². The van der Waals surface area contributed by atoms with Gasteiger partial charge in [-0.25, -0.2) is 0 Å². The predicted molar refractivity (Wildman–Crippen MR) is 76.2 cm³/mol. The molecule has 0 aromatic carbocycles. The zero-order valence-corrected chi connectivity index (χ0v) is 11.8. The molecule has 3 aliphatic heterocycles. The van der Waals surface area contributed by atoms with Crippen molar-refractivity contribution in [2.75, 3.05) is 44.3 Å². The number of hydrogen-bond donors (Lipinski definition) is 3. The lowest BCUT2D eigenvalue weighted by atomic mass is 9.92. The molecule has 3 fully saturated rings. The summed E-state index contributed by atoms with van der Waals surface area (Å²) in [5.41, 5.74) is 0. The summed E-state index contributed by atoms with van der Waals surface area (Å²) < 4.78 is 6.13. The van der Waals surface area contributed by atoms with Gasteiger partial charge in [0.2, 0.25) is 0 Å². The Bertz CT molecular complexity index is 221. The van der Waals surface area contributed by atoms with Crippen LogP contribution in [0.15, 0.2) is 0 Å². The first-order valence-electron chi connectivity index (χ1n) is 7.30. The van der Waals surface area contributed by atoms with Crippen LogP contribution in [0.2, 0.25) is 0 Å². The van der Waals surface area contributed by atoms with Gasteiger partial charge in [-0.1, -0.05) is 0 Å². The van der Waals surface area contributed by atoms with Gasteiger partial charge in [0.1, 0.15) is 0 Å². The number of nitrogens with one attached hydrogen (secondary N) is 3. The Balaban J connectivity index is 1.45. The van der Waals surface area contributed by atoms with Gasteiger partial charge < -0.3 is 20.7 Å². The van der Waals surface area contributed by atoms with Gasteiger partial charge >= 0.3 is 0 Å². The SMILES string of the molecule is C1CNCC(C2CNC(C3CSCCN3)CO2)C1. The normalized spacial score (nSPS) is 42.7. The van der Waals surface area contributed by atoms with Crippen LogP contribution in [-0.4, -0.2) is 62.5 Å². The fraction of sp³-hybridized carbons (Fsp3) is 1.00. The van der Waals surface area contributed by atoms with E-state index < -0.39 is 0 Å². The molecule has 3 saturated heterocycles. The van der Waals surface area contributed by atoms with Crippen LogP contribution in [0.1, 0.15) is 12.8 Å². The van der Waals surface area contributed by atoms with Gasteiger partial charge in [-0.05, 0) is 25.3 Å². The van der Waals surface area contributed by atoms with E-state index in [1.807, 2.05) is 0 Å². The van der Waals surface area contributed by atoms with Crippen LogP contribution in [0.5, 0.6) is 0 Å². The average molecular weight is 271 g/mol. The smallest absolute Gasteiger partial charge is 0.0740 e. The number of morpholine rings is 1. The fourth-order valence-electron chi connectivity index (χ4n) is 3.21. The van der Waals surface area contributed by atoms with E-state index in [2.05, 4.69) is 27.7 Å². The lowest BCUT2D eigenvalue weighted by Crippen LogP contribution is -2.60. The van der Waals surface area contributed by atoms with Gasteiger partial charge in [0.15, 0.2) is 0 Å². The number of hydrogen-bond acceptors (Lipinski definition) is 5. The maximum Gasteiger partial charge on any atom is 0.0740 e. The molecule has 3 rings (SSSR count). The third kappa shape index (κ3) is 3.20. The molecule has 5 heteroatoms. The highest BCUT2D eigenvalue weighted by Gasteiger charge is 2.32. The van der Waals surface area contributed by atoms with E-state index in [0.29, 0.717) is 24.1 Å². The summed E-state index contributed by atoms with van der Waals surface area (Å²) in [5.74, 6) is 3.18. The highest BCUT2D eigenvalue weighted by Crippen LogP contribution is 2.21. The predicted octanol–water partition coefficient (Wildman–Crippen LogP) is 0.0480. The van der Waals surface area contributed by atoms with Gasteiger partial charge in [0, 0.05) is 43.2 Å². The van der Waals surface area contributed by atoms with E-state index in [-0.39, 0.29) is 0 Å². The van der Waals surface area contributed by atoms with E-state index >= 15 is 0 Å². The van der Waals surface area contributed by atoms with Crippen molar-refractivity contribution in [3.05, 3.63) is 0 Å². The molecule has 4 atom stereocenters. The summed E-state index contributed by atoms with van der Waals surface area (Å²) in [6.45, 7) is 5.36. The second kappa shape index (κ2) is 6.57. The van der Waals surface area contributed by atoms with Crippen molar-refractivity contribution in [3.8, 4) is 0 Å². The number of piperidine rings is 1. The molecule has 0 spiro atoms. The summed E-state index contributed by atoms with van der Waals surface area (Å²) in [6, 6.07) is 1.10. The lowest BCUT2D eigenvalue weighted by molar-refractivity contribution is -0.0391. The molecule has 3 N–H and O–H groups in total. The molecular formula is C13H25N3OS. The van der Waals surface area contributed by atoms with Gasteiger partial charge in [-0.3, -0.25) is 0 Å². The van der Waals surface area contributed by atoms with Crippen molar-refractivity contribution in [1.29, 1.82) is 0 Å². The number of thioether (sulfide) groups is 1. The minimum atomic E-state index is 0.422. The van der Waals surface area contributed by atoms with Crippen molar-refractivity contribution in [2.24, 2.45) is 5.92 Å². The third-order valence-electron chi connectivity index (χ3n) is 4.37. The minimum absolute atomic E-state index is 0.422. The maximum atomic E-state index is 6.13. The van der Waals surface area contributed by atoms with E-state index in [1.54, 1.807) is 0 Å². The topological polar surface area (TPSA) is 45.3 Å². The van der Waals surface area contributed by atoms with Gasteiger partial charge in [0.05, 0.1) is 12.7 Å². The molecule has 3 heterocycles. The standard InChI is InChI=1S/C13H25N3OS/c1-2-10(6-14-3-1)13-7-16-11(8-17-13)12-9-18-5-4-15-12/h10-16H,1-9H2. The zero-order valence-electron chi connectivity index (χ0n) is 11.0. The van der Waals surface area contributed by atoms with Crippen LogP contribution >= 0.6 is 11.8 Å². The molecule has 4 nitrogen and oxygen atoms in total. The Kier molecular flexibility index (Phi) is 4.81. The van der Waals surface area contributed by atoms with Crippen LogP contribution in [0, 0.1) is 5.92 Å². The van der Waals surface area contributed by atoms with Crippen LogP contribution in [0.4, 0.5) is 0 Å². The monoisotopic (exact) mass is 271 g/mol. The zero-order chi connectivity index (χ0) is 12.2. The van der Waals surface area contributed by atoms with Crippen molar-refractivity contribution in [3.63, 3.8) is 0 Å². The molecule has 0 aromatic rings. The van der Waals surface area contributed by atoms with Gasteiger partial charge in [0.25, 0.3) is 0 Å². The minimum Gasteiger partial charge on any atom is -0.375 e. The Morgan fingerprint density at radius 2 is 2.06 bits per heavy atom. The highest BCUT2D eigenvalue weighted by molar-refractivity contribution is 7.99. The average Bonchev–Trinajstić information content (AvgIpc) is 2.49. The van der Waals surface area contributed by atoms with Gasteiger partial charge in [-0.2, -0.15) is 11.8 Å². The van der Waals surface area contributed by atoms with Crippen molar-refractivity contribution in [2.45, 2.75) is 31.0 Å². The largest absolute Gasteiger partial charge is 0.375 e. The molecule has 0 radical (unpaired) electrons. The fourth-order valence-corrected chi connectivity index (χ4v) is 4.25. The summed E-state index contributed by atoms with van der Waals surface area (Å²) >= 11 is 2.06. The first kappa shape index (κ1) is 13.2. The summed E-state index contributed by atoms with van der Waals surface area (Å²) in [7, 11) is 0. The molecule has 3 aliphatic rings. The molecule has 0 aliphatic carbocycles. The molecule has 0 amide bonds. The third-order valence-corrected chi connectivity index (χ3v) is 5.46.